The van der Waals surface area contributed by atoms with Crippen molar-refractivity contribution in [3.05, 3.63) is 59.2 Å². The normalized spacial score (nSPS) is 17.2. The quantitative estimate of drug-likeness (QED) is 0.619. The van der Waals surface area contributed by atoms with Gasteiger partial charge in [0.05, 0.1) is 17.3 Å². The number of azo groups is 2. The second kappa shape index (κ2) is 4.12. The molecule has 0 fully saturated rings. The summed E-state index contributed by atoms with van der Waals surface area (Å²) < 4.78 is 28.4. The van der Waals surface area contributed by atoms with Gasteiger partial charge >= 0.3 is 0 Å². The van der Waals surface area contributed by atoms with Crippen LogP contribution in [0.3, 0.4) is 0 Å². The molecule has 1 heterocycles. The zero-order valence-corrected chi connectivity index (χ0v) is 10.3. The Kier molecular flexibility index (Phi) is 2.55. The van der Waals surface area contributed by atoms with Crippen LogP contribution in [0.1, 0.15) is 17.2 Å². The topological polar surface area (TPSA) is 41.4 Å². The summed E-state index contributed by atoms with van der Waals surface area (Å²) in [6, 6.07) is 8.79. The highest BCUT2D eigenvalue weighted by atomic mass is 19.1. The van der Waals surface area contributed by atoms with Crippen LogP contribution >= 0.6 is 0 Å². The predicted molar refractivity (Wildman–Crippen MR) is 67.3 cm³/mol. The predicted octanol–water partition coefficient (Wildman–Crippen LogP) is 3.38. The van der Waals surface area contributed by atoms with E-state index in [2.05, 4.69) is 5.11 Å². The molecule has 0 saturated heterocycles. The van der Waals surface area contributed by atoms with Gasteiger partial charge in [-0.1, -0.05) is 16.8 Å². The van der Waals surface area contributed by atoms with E-state index in [0.717, 1.165) is 11.1 Å². The molecule has 3 nitrogen and oxygen atoms in total. The maximum Gasteiger partial charge on any atom is 0.240 e. The maximum absolute atomic E-state index is 13.5. The molecule has 0 amide bonds. The summed E-state index contributed by atoms with van der Waals surface area (Å²) in [5.41, 5.74) is 7.83. The Bertz CT molecular complexity index is 695. The molecule has 0 radical (unpaired) electrons. The average molecular weight is 260 g/mol. The van der Waals surface area contributed by atoms with E-state index in [1.54, 1.807) is 29.9 Å². The molecule has 2 aromatic carbocycles. The number of nitrogens with two attached hydrogens (primary N) is 1. The zero-order valence-electron chi connectivity index (χ0n) is 10.3. The highest BCUT2D eigenvalue weighted by Crippen LogP contribution is 2.40. The van der Waals surface area contributed by atoms with Gasteiger partial charge in [-0.05, 0) is 28.9 Å². The fourth-order valence-electron chi connectivity index (χ4n) is 2.32. The monoisotopic (exact) mass is 260 g/mol. The van der Waals surface area contributed by atoms with Crippen molar-refractivity contribution in [2.45, 2.75) is 6.04 Å². The highest BCUT2D eigenvalue weighted by Gasteiger charge is 2.33. The van der Waals surface area contributed by atoms with Crippen LogP contribution in [0, 0.1) is 11.6 Å². The lowest BCUT2D eigenvalue weighted by atomic mass is 9.98. The number of halogens is 2. The van der Waals surface area contributed by atoms with E-state index in [4.69, 9.17) is 5.73 Å². The van der Waals surface area contributed by atoms with Crippen LogP contribution in [0.15, 0.2) is 41.5 Å². The number of nitrogen functional groups attached to an aromatic ring is 1. The third kappa shape index (κ3) is 1.87. The van der Waals surface area contributed by atoms with Gasteiger partial charge in [-0.2, -0.15) is 0 Å². The maximum atomic E-state index is 13.5. The summed E-state index contributed by atoms with van der Waals surface area (Å²) >= 11 is 0. The van der Waals surface area contributed by atoms with Crippen molar-refractivity contribution in [1.29, 1.82) is 0 Å². The second-order valence-corrected chi connectivity index (χ2v) is 4.53. The molecule has 0 spiro atoms. The van der Waals surface area contributed by atoms with Crippen LogP contribution in [-0.2, 0) is 0 Å². The minimum atomic E-state index is -0.472. The standard InChI is InChI=1S/C14H12F2N3/c1-19-13-7-11(16)12(17)6-10(13)14(18-19)8-3-2-4-9(15)5-8/h2-7,14H,17H2,1H3/q+1. The van der Waals surface area contributed by atoms with Crippen molar-refractivity contribution in [2.75, 3.05) is 12.8 Å². The number of nitrogens with zero attached hydrogens (tertiary/aromatic N) is 2. The Morgan fingerprint density at radius 2 is 2.00 bits per heavy atom. The van der Waals surface area contributed by atoms with Gasteiger partial charge in [0, 0.05) is 0 Å². The summed E-state index contributed by atoms with van der Waals surface area (Å²) in [4.78, 5) is 0. The number of rotatable bonds is 1. The average Bonchev–Trinajstić information content (AvgIpc) is 2.68. The molecule has 96 valence electrons. The van der Waals surface area contributed by atoms with Crippen molar-refractivity contribution < 1.29 is 13.5 Å². The first-order valence-corrected chi connectivity index (χ1v) is 5.85. The van der Waals surface area contributed by atoms with E-state index in [1.165, 1.54) is 18.2 Å². The van der Waals surface area contributed by atoms with Crippen molar-refractivity contribution in [3.8, 4) is 0 Å². The highest BCUT2D eigenvalue weighted by molar-refractivity contribution is 5.56. The Morgan fingerprint density at radius 1 is 1.21 bits per heavy atom. The largest absolute Gasteiger partial charge is 0.396 e. The van der Waals surface area contributed by atoms with Gasteiger partial charge in [-0.15, -0.1) is 0 Å². The van der Waals surface area contributed by atoms with Crippen LogP contribution in [0.2, 0.25) is 0 Å². The Balaban J connectivity index is 2.16. The van der Waals surface area contributed by atoms with Gasteiger partial charge in [-0.3, -0.25) is 0 Å². The molecular formula is C14H12F2N3+. The van der Waals surface area contributed by atoms with Crippen LogP contribution in [0.25, 0.3) is 0 Å². The third-order valence-electron chi connectivity index (χ3n) is 3.24. The molecule has 0 bridgehead atoms. The lowest BCUT2D eigenvalue weighted by molar-refractivity contribution is -0.477. The van der Waals surface area contributed by atoms with E-state index in [-0.39, 0.29) is 17.5 Å². The summed E-state index contributed by atoms with van der Waals surface area (Å²) in [7, 11) is 1.73. The molecule has 1 aliphatic heterocycles. The Labute approximate surface area is 109 Å². The Morgan fingerprint density at radius 3 is 2.74 bits per heavy atom. The molecule has 1 atom stereocenters. The van der Waals surface area contributed by atoms with Crippen LogP contribution < -0.4 is 5.73 Å². The SMILES string of the molecule is C[N+]1=NC(c2cccc(F)c2)c2cc(N)c(F)cc21. The second-order valence-electron chi connectivity index (χ2n) is 4.53. The molecule has 0 aromatic heterocycles. The molecule has 19 heavy (non-hydrogen) atoms. The minimum Gasteiger partial charge on any atom is -0.396 e. The molecular weight excluding hydrogens is 248 g/mol. The smallest absolute Gasteiger partial charge is 0.240 e. The first-order valence-electron chi connectivity index (χ1n) is 5.85. The van der Waals surface area contributed by atoms with Crippen LogP contribution in [0.5, 0.6) is 0 Å². The number of hydrogen-bond donors (Lipinski definition) is 1. The van der Waals surface area contributed by atoms with E-state index >= 15 is 0 Å². The molecule has 2 N–H and O–H groups in total. The molecule has 0 saturated carbocycles. The lowest BCUT2D eigenvalue weighted by Gasteiger charge is -2.06. The van der Waals surface area contributed by atoms with Gasteiger partial charge in [0.15, 0.2) is 18.9 Å². The molecule has 3 rings (SSSR count). The summed E-state index contributed by atoms with van der Waals surface area (Å²) in [5.74, 6) is -0.792. The molecule has 1 unspecified atom stereocenters. The van der Waals surface area contributed by atoms with Gasteiger partial charge in [0.1, 0.15) is 5.82 Å². The molecule has 1 aliphatic rings. The molecule has 5 heteroatoms. The number of benzene rings is 2. The van der Waals surface area contributed by atoms with E-state index in [9.17, 15) is 8.78 Å². The minimum absolute atomic E-state index is 0.0747. The summed E-state index contributed by atoms with van der Waals surface area (Å²) in [5, 5.41) is 4.39. The van der Waals surface area contributed by atoms with E-state index in [0.29, 0.717) is 5.69 Å². The van der Waals surface area contributed by atoms with Crippen molar-refractivity contribution in [3.63, 3.8) is 0 Å². The van der Waals surface area contributed by atoms with E-state index in [1.807, 2.05) is 0 Å². The first-order chi connectivity index (χ1) is 9.06. The van der Waals surface area contributed by atoms with E-state index < -0.39 is 5.82 Å². The third-order valence-corrected chi connectivity index (χ3v) is 3.24. The van der Waals surface area contributed by atoms with Gasteiger partial charge in [0.2, 0.25) is 5.69 Å². The van der Waals surface area contributed by atoms with Crippen LogP contribution in [-0.4, -0.2) is 11.7 Å². The van der Waals surface area contributed by atoms with Crippen molar-refractivity contribution >= 4 is 11.4 Å². The van der Waals surface area contributed by atoms with Crippen LogP contribution in [0.4, 0.5) is 20.2 Å². The van der Waals surface area contributed by atoms with Gasteiger partial charge < -0.3 is 5.73 Å². The van der Waals surface area contributed by atoms with Gasteiger partial charge in [0.25, 0.3) is 0 Å². The molecule has 0 aliphatic carbocycles. The number of fused-ring (bicyclic) bond motifs is 1. The zero-order chi connectivity index (χ0) is 13.6. The lowest BCUT2D eigenvalue weighted by Crippen LogP contribution is -1.98. The summed E-state index contributed by atoms with van der Waals surface area (Å²) in [6.07, 6.45) is 0. The number of anilines is 1. The van der Waals surface area contributed by atoms with Gasteiger partial charge in [-0.25, -0.2) is 8.78 Å². The summed E-state index contributed by atoms with van der Waals surface area (Å²) in [6.45, 7) is 0. The fraction of sp³-hybridized carbons (Fsp3) is 0.143. The molecule has 2 aromatic rings. The first kappa shape index (κ1) is 11.8. The fourth-order valence-corrected chi connectivity index (χ4v) is 2.32. The Hall–Kier alpha value is -2.30. The van der Waals surface area contributed by atoms with Crippen molar-refractivity contribution in [1.82, 2.24) is 0 Å². The number of hydrogen-bond acceptors (Lipinski definition) is 2. The van der Waals surface area contributed by atoms with Crippen molar-refractivity contribution in [2.24, 2.45) is 5.11 Å².